The number of nitrogens with one attached hydrogen (secondary N) is 1. The van der Waals surface area contributed by atoms with Gasteiger partial charge in [-0.3, -0.25) is 14.9 Å². The van der Waals surface area contributed by atoms with E-state index in [0.29, 0.717) is 41.5 Å². The van der Waals surface area contributed by atoms with Gasteiger partial charge in [0.1, 0.15) is 28.7 Å². The number of thioether (sulfide) groups is 1. The second-order valence-corrected chi connectivity index (χ2v) is 11.7. The molecule has 0 fully saturated rings. The van der Waals surface area contributed by atoms with Gasteiger partial charge in [0, 0.05) is 22.9 Å². The van der Waals surface area contributed by atoms with E-state index < -0.39 is 22.7 Å². The smallest absolute Gasteiger partial charge is 0.433 e. The van der Waals surface area contributed by atoms with Crippen molar-refractivity contribution in [3.63, 3.8) is 0 Å². The molecule has 1 aliphatic rings. The number of hydrogen-bond acceptors (Lipinski definition) is 9. The molecule has 14 heteroatoms. The number of alkyl halides is 3. The first-order valence-corrected chi connectivity index (χ1v) is 16.0. The van der Waals surface area contributed by atoms with E-state index in [2.05, 4.69) is 15.3 Å². The van der Waals surface area contributed by atoms with Crippen LogP contribution in [0.15, 0.2) is 96.2 Å². The van der Waals surface area contributed by atoms with E-state index in [1.165, 1.54) is 18.2 Å². The van der Waals surface area contributed by atoms with Crippen molar-refractivity contribution in [2.45, 2.75) is 31.1 Å². The van der Waals surface area contributed by atoms with Gasteiger partial charge >= 0.3 is 6.18 Å². The summed E-state index contributed by atoms with van der Waals surface area (Å²) in [5.41, 5.74) is 1.01. The summed E-state index contributed by atoms with van der Waals surface area (Å²) in [7, 11) is 0. The number of halogens is 3. The summed E-state index contributed by atoms with van der Waals surface area (Å²) in [5.74, 6) is 1.04. The van der Waals surface area contributed by atoms with E-state index in [1.807, 2.05) is 19.1 Å². The molecule has 1 heterocycles. The quantitative estimate of drug-likeness (QED) is 0.0627. The van der Waals surface area contributed by atoms with E-state index in [4.69, 9.17) is 14.2 Å². The Morgan fingerprint density at radius 1 is 0.878 bits per heavy atom. The van der Waals surface area contributed by atoms with Crippen molar-refractivity contribution in [3.05, 3.63) is 118 Å². The van der Waals surface area contributed by atoms with Crippen LogP contribution in [0.4, 0.5) is 24.5 Å². The number of anilines is 1. The van der Waals surface area contributed by atoms with Crippen LogP contribution in [0, 0.1) is 10.1 Å². The van der Waals surface area contributed by atoms with Crippen molar-refractivity contribution >= 4 is 29.0 Å². The Labute approximate surface area is 282 Å². The van der Waals surface area contributed by atoms with Crippen LogP contribution in [0.25, 0.3) is 11.3 Å². The Balaban J connectivity index is 1.10. The number of non-ortho nitro benzene ring substituents is 1. The van der Waals surface area contributed by atoms with Gasteiger partial charge in [-0.05, 0) is 73.9 Å². The average molecular weight is 689 g/mol. The lowest BCUT2D eigenvalue weighted by atomic mass is 9.88. The number of rotatable bonds is 11. The number of amides is 1. The fourth-order valence-corrected chi connectivity index (χ4v) is 5.85. The molecular formula is C35H27F3N4O6S. The number of ether oxygens (including phenoxy) is 3. The molecule has 4 aromatic carbocycles. The molecular weight excluding hydrogens is 661 g/mol. The van der Waals surface area contributed by atoms with Crippen LogP contribution >= 0.6 is 11.8 Å². The van der Waals surface area contributed by atoms with Crippen molar-refractivity contribution in [1.82, 2.24) is 9.97 Å². The monoisotopic (exact) mass is 688 g/mol. The molecule has 1 amide bonds. The van der Waals surface area contributed by atoms with E-state index in [0.717, 1.165) is 17.3 Å². The molecule has 1 N–H and O–H groups in total. The highest BCUT2D eigenvalue weighted by Gasteiger charge is 2.39. The molecule has 1 aromatic heterocycles. The summed E-state index contributed by atoms with van der Waals surface area (Å²) in [4.78, 5) is 32.0. The summed E-state index contributed by atoms with van der Waals surface area (Å²) in [5, 5.41) is 14.1. The molecule has 6 rings (SSSR count). The zero-order valence-electron chi connectivity index (χ0n) is 25.8. The Kier molecular flexibility index (Phi) is 9.67. The van der Waals surface area contributed by atoms with Gasteiger partial charge in [-0.1, -0.05) is 36.0 Å². The maximum Gasteiger partial charge on any atom is 0.433 e. The number of nitrogens with zero attached hydrogens (tertiary/aromatic N) is 3. The van der Waals surface area contributed by atoms with Gasteiger partial charge in [-0.25, -0.2) is 9.97 Å². The molecule has 0 unspecified atom stereocenters. The highest BCUT2D eigenvalue weighted by molar-refractivity contribution is 7.99. The molecule has 10 nitrogen and oxygen atoms in total. The largest absolute Gasteiger partial charge is 0.494 e. The minimum atomic E-state index is -4.67. The topological polar surface area (TPSA) is 126 Å². The fourth-order valence-electron chi connectivity index (χ4n) is 5.21. The van der Waals surface area contributed by atoms with Crippen LogP contribution in [0.5, 0.6) is 28.7 Å². The highest BCUT2D eigenvalue weighted by atomic mass is 32.2. The second-order valence-electron chi connectivity index (χ2n) is 10.7. The van der Waals surface area contributed by atoms with Crippen LogP contribution in [-0.4, -0.2) is 33.2 Å². The highest BCUT2D eigenvalue weighted by Crippen LogP contribution is 2.40. The molecule has 0 radical (unpaired) electrons. The van der Waals surface area contributed by atoms with Crippen molar-refractivity contribution in [3.8, 4) is 40.0 Å². The van der Waals surface area contributed by atoms with Gasteiger partial charge < -0.3 is 19.5 Å². The predicted octanol–water partition coefficient (Wildman–Crippen LogP) is 8.88. The number of aromatic nitrogens is 2. The standard InChI is InChI=1S/C35H27F3N4O6S/c1-2-46-24-12-14-26(15-13-24)48-28-18-23(42(44)45)17-27(19-28)47-25-10-8-22(9-11-25)39-31(43)20-49-34-40-32-29-6-4-3-5-21(29)7-16-30(32)33(41-34)35(36,37)38/h3-6,8-15,17-19H,2,7,16,20H2,1H3,(H,39,43). The van der Waals surface area contributed by atoms with E-state index in [1.54, 1.807) is 60.7 Å². The number of aryl methyl sites for hydroxylation is 1. The zero-order valence-corrected chi connectivity index (χ0v) is 26.6. The molecule has 0 atom stereocenters. The van der Waals surface area contributed by atoms with Crippen molar-refractivity contribution in [2.75, 3.05) is 17.7 Å². The van der Waals surface area contributed by atoms with Crippen LogP contribution in [0.3, 0.4) is 0 Å². The summed E-state index contributed by atoms with van der Waals surface area (Å²) >= 11 is 0.807. The maximum absolute atomic E-state index is 14.0. The lowest BCUT2D eigenvalue weighted by Crippen LogP contribution is -2.19. The fraction of sp³-hybridized carbons (Fsp3) is 0.171. The lowest BCUT2D eigenvalue weighted by Gasteiger charge is -2.22. The number of benzene rings is 4. The molecule has 5 aromatic rings. The van der Waals surface area contributed by atoms with Gasteiger partial charge in [0.25, 0.3) is 5.69 Å². The Hall–Kier alpha value is -5.63. The number of nitro groups is 1. The summed E-state index contributed by atoms with van der Waals surface area (Å²) < 4.78 is 58.9. The minimum Gasteiger partial charge on any atom is -0.494 e. The third-order valence-corrected chi connectivity index (χ3v) is 8.17. The number of carbonyl (C=O) groups is 1. The molecule has 0 saturated heterocycles. The Morgan fingerprint density at radius 3 is 2.14 bits per heavy atom. The Morgan fingerprint density at radius 2 is 1.51 bits per heavy atom. The SMILES string of the molecule is CCOc1ccc(Oc2cc(Oc3ccc(NC(=O)CSc4nc5c(c(C(F)(F)F)n4)CCc4ccccc4-5)cc3)cc([N+](=O)[O-])c2)cc1. The van der Waals surface area contributed by atoms with Gasteiger partial charge in [0.2, 0.25) is 5.91 Å². The molecule has 0 spiro atoms. The van der Waals surface area contributed by atoms with E-state index in [-0.39, 0.29) is 45.8 Å². The third kappa shape index (κ3) is 8.09. The maximum atomic E-state index is 14.0. The minimum absolute atomic E-state index is 0.0591. The molecule has 0 bridgehead atoms. The lowest BCUT2D eigenvalue weighted by molar-refractivity contribution is -0.385. The molecule has 0 aliphatic heterocycles. The van der Waals surface area contributed by atoms with E-state index >= 15 is 0 Å². The second kappa shape index (κ2) is 14.2. The summed E-state index contributed by atoms with van der Waals surface area (Å²) in [6.07, 6.45) is -4.04. The number of nitro benzene ring substituents is 1. The molecule has 0 saturated carbocycles. The first-order valence-electron chi connectivity index (χ1n) is 15.0. The molecule has 250 valence electrons. The average Bonchev–Trinajstić information content (AvgIpc) is 3.08. The summed E-state index contributed by atoms with van der Waals surface area (Å²) in [6, 6.07) is 24.2. The number of fused-ring (bicyclic) bond motifs is 3. The van der Waals surface area contributed by atoms with Gasteiger partial charge in [0.15, 0.2) is 10.9 Å². The van der Waals surface area contributed by atoms with Crippen LogP contribution in [0.2, 0.25) is 0 Å². The van der Waals surface area contributed by atoms with Crippen LogP contribution < -0.4 is 19.5 Å². The first-order chi connectivity index (χ1) is 23.6. The van der Waals surface area contributed by atoms with Crippen molar-refractivity contribution in [2.24, 2.45) is 0 Å². The number of hydrogen-bond donors (Lipinski definition) is 1. The summed E-state index contributed by atoms with van der Waals surface area (Å²) in [6.45, 7) is 2.38. The van der Waals surface area contributed by atoms with Crippen molar-refractivity contribution in [1.29, 1.82) is 0 Å². The van der Waals surface area contributed by atoms with Gasteiger partial charge in [0.05, 0.1) is 35.1 Å². The van der Waals surface area contributed by atoms with Crippen LogP contribution in [-0.2, 0) is 23.8 Å². The van der Waals surface area contributed by atoms with Crippen LogP contribution in [0.1, 0.15) is 23.7 Å². The van der Waals surface area contributed by atoms with E-state index in [9.17, 15) is 28.1 Å². The zero-order chi connectivity index (χ0) is 34.5. The van der Waals surface area contributed by atoms with Gasteiger partial charge in [-0.2, -0.15) is 13.2 Å². The Bertz CT molecular complexity index is 2010. The third-order valence-electron chi connectivity index (χ3n) is 7.32. The number of carbonyl (C=O) groups excluding carboxylic acids is 1. The van der Waals surface area contributed by atoms with Crippen molar-refractivity contribution < 1.29 is 37.1 Å². The molecule has 1 aliphatic carbocycles. The predicted molar refractivity (Wildman–Crippen MR) is 177 cm³/mol. The first kappa shape index (κ1) is 33.3. The molecule has 49 heavy (non-hydrogen) atoms. The van der Waals surface area contributed by atoms with Gasteiger partial charge in [-0.15, -0.1) is 0 Å². The normalized spacial score (nSPS) is 12.0.